The highest BCUT2D eigenvalue weighted by molar-refractivity contribution is 7.80. The van der Waals surface area contributed by atoms with Crippen molar-refractivity contribution in [2.24, 2.45) is 0 Å². The minimum Gasteiger partial charge on any atom is -0.492 e. The first kappa shape index (κ1) is 20.5. The van der Waals surface area contributed by atoms with Gasteiger partial charge in [-0.25, -0.2) is 0 Å². The lowest BCUT2D eigenvalue weighted by Gasteiger charge is -2.13. The Morgan fingerprint density at radius 3 is 2.41 bits per heavy atom. The molecule has 3 N–H and O–H groups in total. The number of hydrogen-bond donors (Lipinski definition) is 3. The molecule has 0 radical (unpaired) electrons. The van der Waals surface area contributed by atoms with E-state index in [0.29, 0.717) is 22.8 Å². The van der Waals surface area contributed by atoms with E-state index in [0.717, 1.165) is 12.0 Å². The zero-order valence-electron chi connectivity index (χ0n) is 15.4. The van der Waals surface area contributed by atoms with Crippen LogP contribution in [0.5, 0.6) is 5.75 Å². The summed E-state index contributed by atoms with van der Waals surface area (Å²) in [7, 11) is 0. The second-order valence-corrected chi connectivity index (χ2v) is 7.28. The first-order valence-electron chi connectivity index (χ1n) is 8.84. The van der Waals surface area contributed by atoms with Crippen molar-refractivity contribution in [3.63, 3.8) is 0 Å². The molecule has 3 aromatic rings. The molecule has 0 aliphatic carbocycles. The lowest BCUT2D eigenvalue weighted by atomic mass is 10.1. The van der Waals surface area contributed by atoms with Gasteiger partial charge in [0, 0.05) is 6.42 Å². The van der Waals surface area contributed by atoms with Gasteiger partial charge < -0.3 is 4.74 Å². The maximum absolute atomic E-state index is 12.6. The Morgan fingerprint density at radius 2 is 1.66 bits per heavy atom. The summed E-state index contributed by atoms with van der Waals surface area (Å²) in [5, 5.41) is 4.32. The number of para-hydroxylation sites is 1. The highest BCUT2D eigenvalue weighted by Crippen LogP contribution is 2.18. The number of thiophene rings is 1. The third kappa shape index (κ3) is 6.13. The van der Waals surface area contributed by atoms with Crippen molar-refractivity contribution in [2.45, 2.75) is 6.42 Å². The summed E-state index contributed by atoms with van der Waals surface area (Å²) in [5.74, 6) is -0.296. The second-order valence-electron chi connectivity index (χ2n) is 5.92. The Labute approximate surface area is 177 Å². The minimum atomic E-state index is -0.428. The predicted molar refractivity (Wildman–Crippen MR) is 117 cm³/mol. The molecule has 2 amide bonds. The highest BCUT2D eigenvalue weighted by Gasteiger charge is 2.14. The van der Waals surface area contributed by atoms with Gasteiger partial charge >= 0.3 is 0 Å². The molecule has 2 aromatic carbocycles. The quantitative estimate of drug-likeness (QED) is 0.417. The largest absolute Gasteiger partial charge is 0.492 e. The van der Waals surface area contributed by atoms with Crippen LogP contribution in [-0.4, -0.2) is 23.5 Å². The van der Waals surface area contributed by atoms with Crippen LogP contribution in [0.15, 0.2) is 72.1 Å². The summed E-state index contributed by atoms with van der Waals surface area (Å²) < 4.78 is 5.80. The zero-order valence-corrected chi connectivity index (χ0v) is 17.0. The van der Waals surface area contributed by atoms with Crippen molar-refractivity contribution >= 4 is 40.5 Å². The molecule has 29 heavy (non-hydrogen) atoms. The highest BCUT2D eigenvalue weighted by atomic mass is 32.1. The number of nitrogens with one attached hydrogen (secondary N) is 3. The fraction of sp³-hybridized carbons (Fsp3) is 0.0952. The summed E-state index contributed by atoms with van der Waals surface area (Å²) in [5.41, 5.74) is 6.47. The van der Waals surface area contributed by atoms with Crippen LogP contribution in [0.2, 0.25) is 0 Å². The number of carbonyl (C=O) groups is 2. The maximum Gasteiger partial charge on any atom is 0.279 e. The van der Waals surface area contributed by atoms with Crippen LogP contribution < -0.4 is 20.9 Å². The molecule has 6 nitrogen and oxygen atoms in total. The Hall–Kier alpha value is -3.23. The average molecular weight is 426 g/mol. The van der Waals surface area contributed by atoms with Crippen molar-refractivity contribution in [2.75, 3.05) is 6.61 Å². The summed E-state index contributed by atoms with van der Waals surface area (Å²) in [6, 6.07) is 20.3. The fourth-order valence-electron chi connectivity index (χ4n) is 2.49. The van der Waals surface area contributed by atoms with Gasteiger partial charge in [0.1, 0.15) is 5.75 Å². The summed E-state index contributed by atoms with van der Waals surface area (Å²) in [6.45, 7) is 0.438. The van der Waals surface area contributed by atoms with Crippen molar-refractivity contribution in [3.05, 3.63) is 88.1 Å². The van der Waals surface area contributed by atoms with Crippen LogP contribution in [0, 0.1) is 0 Å². The van der Waals surface area contributed by atoms with E-state index < -0.39 is 5.91 Å². The summed E-state index contributed by atoms with van der Waals surface area (Å²) in [6.07, 6.45) is 0.728. The van der Waals surface area contributed by atoms with Crippen LogP contribution in [0.1, 0.15) is 25.6 Å². The van der Waals surface area contributed by atoms with Crippen molar-refractivity contribution in [1.82, 2.24) is 16.2 Å². The van der Waals surface area contributed by atoms with Crippen LogP contribution in [-0.2, 0) is 6.42 Å². The Balaban J connectivity index is 1.52. The second kappa shape index (κ2) is 10.4. The Morgan fingerprint density at radius 1 is 0.897 bits per heavy atom. The number of benzene rings is 2. The number of carbonyl (C=O) groups excluding carboxylic acids is 2. The number of rotatable bonds is 6. The number of thiocarbonyl (C=S) groups is 1. The van der Waals surface area contributed by atoms with E-state index >= 15 is 0 Å². The van der Waals surface area contributed by atoms with Crippen molar-refractivity contribution in [1.29, 1.82) is 0 Å². The van der Waals surface area contributed by atoms with Crippen LogP contribution in [0.4, 0.5) is 0 Å². The van der Waals surface area contributed by atoms with Gasteiger partial charge in [-0.15, -0.1) is 11.3 Å². The van der Waals surface area contributed by atoms with Gasteiger partial charge in [-0.3, -0.25) is 25.8 Å². The molecule has 0 atom stereocenters. The zero-order chi connectivity index (χ0) is 20.5. The predicted octanol–water partition coefficient (Wildman–Crippen LogP) is 3.32. The van der Waals surface area contributed by atoms with Gasteiger partial charge in [0.25, 0.3) is 11.8 Å². The van der Waals surface area contributed by atoms with E-state index in [4.69, 9.17) is 17.0 Å². The van der Waals surface area contributed by atoms with E-state index in [1.165, 1.54) is 11.3 Å². The molecule has 0 aliphatic heterocycles. The number of hydrazine groups is 1. The van der Waals surface area contributed by atoms with E-state index in [1.807, 2.05) is 30.3 Å². The number of ether oxygens (including phenoxy) is 1. The van der Waals surface area contributed by atoms with E-state index in [1.54, 1.807) is 41.8 Å². The smallest absolute Gasteiger partial charge is 0.279 e. The third-order valence-electron chi connectivity index (χ3n) is 3.88. The molecular weight excluding hydrogens is 406 g/mol. The molecule has 0 saturated carbocycles. The molecule has 0 unspecified atom stereocenters. The number of hydrogen-bond acceptors (Lipinski definition) is 5. The molecular formula is C21H19N3O3S2. The van der Waals surface area contributed by atoms with Gasteiger partial charge in [0.05, 0.1) is 17.0 Å². The first-order valence-corrected chi connectivity index (χ1v) is 10.1. The lowest BCUT2D eigenvalue weighted by molar-refractivity contribution is 0.0937. The molecule has 3 rings (SSSR count). The maximum atomic E-state index is 12.6. The molecule has 8 heteroatoms. The van der Waals surface area contributed by atoms with Gasteiger partial charge in [0.2, 0.25) is 0 Å². The first-order chi connectivity index (χ1) is 14.1. The molecule has 148 valence electrons. The molecule has 0 saturated heterocycles. The molecule has 0 aliphatic rings. The molecule has 0 fully saturated rings. The lowest BCUT2D eigenvalue weighted by Crippen LogP contribution is -2.48. The van der Waals surface area contributed by atoms with E-state index in [2.05, 4.69) is 16.2 Å². The molecule has 1 aromatic heterocycles. The third-order valence-corrected chi connectivity index (χ3v) is 4.96. The van der Waals surface area contributed by atoms with Crippen LogP contribution in [0.25, 0.3) is 0 Å². The van der Waals surface area contributed by atoms with Gasteiger partial charge in [-0.1, -0.05) is 48.5 Å². The monoisotopic (exact) mass is 425 g/mol. The molecule has 1 heterocycles. The standard InChI is InChI=1S/C21H19N3O3S2/c25-19(22-21(28)24-23-20(26)18-11-6-14-29-18)16-9-4-5-10-17(16)27-13-12-15-7-2-1-3-8-15/h1-11,14H,12-13H2,(H,23,26)(H2,22,24,25,28). The topological polar surface area (TPSA) is 79.5 Å². The fourth-order valence-corrected chi connectivity index (χ4v) is 3.25. The Kier molecular flexibility index (Phi) is 7.32. The molecule has 0 spiro atoms. The summed E-state index contributed by atoms with van der Waals surface area (Å²) >= 11 is 6.38. The molecule has 0 bridgehead atoms. The normalized spacial score (nSPS) is 10.1. The summed E-state index contributed by atoms with van der Waals surface area (Å²) in [4.78, 5) is 25.0. The van der Waals surface area contributed by atoms with Crippen LogP contribution >= 0.6 is 23.6 Å². The van der Waals surface area contributed by atoms with Gasteiger partial charge in [0.15, 0.2) is 5.11 Å². The SMILES string of the molecule is O=C(NNC(=S)NC(=O)c1ccccc1OCCc1ccccc1)c1cccs1. The van der Waals surface area contributed by atoms with E-state index in [-0.39, 0.29) is 11.0 Å². The average Bonchev–Trinajstić information content (AvgIpc) is 3.28. The van der Waals surface area contributed by atoms with Crippen LogP contribution in [0.3, 0.4) is 0 Å². The Bertz CT molecular complexity index is 976. The number of amides is 2. The van der Waals surface area contributed by atoms with Gasteiger partial charge in [-0.2, -0.15) is 0 Å². The van der Waals surface area contributed by atoms with Crippen molar-refractivity contribution < 1.29 is 14.3 Å². The van der Waals surface area contributed by atoms with E-state index in [9.17, 15) is 9.59 Å². The van der Waals surface area contributed by atoms with Gasteiger partial charge in [-0.05, 0) is 41.4 Å². The minimum absolute atomic E-state index is 0.0148. The van der Waals surface area contributed by atoms with Crippen molar-refractivity contribution in [3.8, 4) is 5.75 Å².